The molecule has 2 atom stereocenters. The second-order valence-electron chi connectivity index (χ2n) is 6.26. The number of carbonyl (C=O) groups excluding carboxylic acids is 1. The summed E-state index contributed by atoms with van der Waals surface area (Å²) >= 11 is 0. The minimum atomic E-state index is -0.339. The number of pyridine rings is 1. The third-order valence-corrected chi connectivity index (χ3v) is 4.50. The molecule has 0 aliphatic carbocycles. The first-order chi connectivity index (χ1) is 12.7. The number of nitrogens with zero attached hydrogens (tertiary/aromatic N) is 2. The summed E-state index contributed by atoms with van der Waals surface area (Å²) in [4.78, 5) is 16.7. The van der Waals surface area contributed by atoms with Crippen molar-refractivity contribution < 1.29 is 9.53 Å². The lowest BCUT2D eigenvalue weighted by molar-refractivity contribution is 0.0815. The molecule has 134 valence electrons. The topological polar surface area (TPSA) is 118 Å². The molecule has 5 N–H and O–H groups in total. The number of urea groups is 1. The standard InChI is InChI=1S/C18H20N6O2/c19-17-12-10-20-15(9-13(12)23-24-17)21-18(25)22-16(14-7-4-8-26-14)11-5-2-1-3-6-11/h1-3,5-6,9-10,14,16H,4,7-8H2,(H3,19,23,24)(H2,20,21,22,25)/t14-,16-/m1/s1. The van der Waals surface area contributed by atoms with E-state index in [9.17, 15) is 4.79 Å². The van der Waals surface area contributed by atoms with Crippen molar-refractivity contribution in [2.45, 2.75) is 25.0 Å². The number of nitrogen functional groups attached to an aromatic ring is 1. The number of aromatic nitrogens is 3. The van der Waals surface area contributed by atoms with E-state index in [1.54, 1.807) is 12.3 Å². The maximum absolute atomic E-state index is 12.5. The van der Waals surface area contributed by atoms with E-state index in [1.165, 1.54) is 0 Å². The van der Waals surface area contributed by atoms with Crippen LogP contribution in [0.4, 0.5) is 16.4 Å². The van der Waals surface area contributed by atoms with Crippen LogP contribution in [0.5, 0.6) is 0 Å². The van der Waals surface area contributed by atoms with E-state index < -0.39 is 0 Å². The highest BCUT2D eigenvalue weighted by Crippen LogP contribution is 2.27. The molecule has 3 heterocycles. The highest BCUT2D eigenvalue weighted by Gasteiger charge is 2.28. The van der Waals surface area contributed by atoms with Gasteiger partial charge in [-0.1, -0.05) is 30.3 Å². The number of benzene rings is 1. The highest BCUT2D eigenvalue weighted by molar-refractivity contribution is 5.93. The molecule has 2 amide bonds. The van der Waals surface area contributed by atoms with Gasteiger partial charge in [0, 0.05) is 18.9 Å². The van der Waals surface area contributed by atoms with E-state index in [0.717, 1.165) is 30.4 Å². The van der Waals surface area contributed by atoms with Crippen LogP contribution in [0, 0.1) is 0 Å². The van der Waals surface area contributed by atoms with E-state index in [-0.39, 0.29) is 18.2 Å². The first-order valence-electron chi connectivity index (χ1n) is 8.54. The molecule has 1 aliphatic heterocycles. The molecule has 1 saturated heterocycles. The van der Waals surface area contributed by atoms with Gasteiger partial charge in [0.2, 0.25) is 0 Å². The van der Waals surface area contributed by atoms with Crippen LogP contribution < -0.4 is 16.4 Å². The second-order valence-corrected chi connectivity index (χ2v) is 6.26. The molecule has 0 radical (unpaired) electrons. The lowest BCUT2D eigenvalue weighted by atomic mass is 9.99. The van der Waals surface area contributed by atoms with E-state index in [4.69, 9.17) is 10.5 Å². The summed E-state index contributed by atoms with van der Waals surface area (Å²) in [6.45, 7) is 0.719. The number of aromatic amines is 1. The minimum absolute atomic E-state index is 0.0361. The molecule has 3 aromatic rings. The van der Waals surface area contributed by atoms with Crippen LogP contribution in [0.15, 0.2) is 42.6 Å². The van der Waals surface area contributed by atoms with Gasteiger partial charge in [0.15, 0.2) is 5.82 Å². The van der Waals surface area contributed by atoms with Gasteiger partial charge in [-0.3, -0.25) is 10.4 Å². The number of hydrogen-bond donors (Lipinski definition) is 4. The largest absolute Gasteiger partial charge is 0.382 e. The van der Waals surface area contributed by atoms with Gasteiger partial charge in [-0.25, -0.2) is 9.78 Å². The lowest BCUT2D eigenvalue weighted by Crippen LogP contribution is -2.38. The number of ether oxygens (including phenoxy) is 1. The fourth-order valence-corrected chi connectivity index (χ4v) is 3.21. The molecule has 26 heavy (non-hydrogen) atoms. The molecular weight excluding hydrogens is 332 g/mol. The summed E-state index contributed by atoms with van der Waals surface area (Å²) in [5.74, 6) is 0.795. The highest BCUT2D eigenvalue weighted by atomic mass is 16.5. The van der Waals surface area contributed by atoms with Gasteiger partial charge in [-0.05, 0) is 18.4 Å². The molecule has 4 rings (SSSR count). The molecule has 0 bridgehead atoms. The SMILES string of the molecule is Nc1n[nH]c2cc(NC(=O)N[C@H](c3ccccc3)[C@H]3CCCO3)ncc12. The summed E-state index contributed by atoms with van der Waals surface area (Å²) in [5.41, 5.74) is 7.46. The number of rotatable bonds is 4. The number of H-pyrrole nitrogens is 1. The maximum Gasteiger partial charge on any atom is 0.320 e. The Kier molecular flexibility index (Phi) is 4.40. The summed E-state index contributed by atoms with van der Waals surface area (Å²) in [5, 5.41) is 13.2. The number of fused-ring (bicyclic) bond motifs is 1. The number of nitrogens with one attached hydrogen (secondary N) is 3. The van der Waals surface area contributed by atoms with Crippen molar-refractivity contribution >= 4 is 28.6 Å². The van der Waals surface area contributed by atoms with Crippen molar-refractivity contribution in [2.24, 2.45) is 0 Å². The van der Waals surface area contributed by atoms with Gasteiger partial charge < -0.3 is 15.8 Å². The van der Waals surface area contributed by atoms with Crippen LogP contribution in [0.1, 0.15) is 24.4 Å². The zero-order chi connectivity index (χ0) is 17.9. The molecule has 1 aromatic carbocycles. The van der Waals surface area contributed by atoms with E-state index in [2.05, 4.69) is 25.8 Å². The maximum atomic E-state index is 12.5. The smallest absolute Gasteiger partial charge is 0.320 e. The molecule has 8 nitrogen and oxygen atoms in total. The Hall–Kier alpha value is -3.13. The second kappa shape index (κ2) is 7.01. The van der Waals surface area contributed by atoms with E-state index in [1.807, 2.05) is 30.3 Å². The quantitative estimate of drug-likeness (QED) is 0.575. The predicted molar refractivity (Wildman–Crippen MR) is 98.6 cm³/mol. The number of carbonyl (C=O) groups is 1. The minimum Gasteiger partial charge on any atom is -0.382 e. The fraction of sp³-hybridized carbons (Fsp3) is 0.278. The first-order valence-corrected chi connectivity index (χ1v) is 8.54. The van der Waals surface area contributed by atoms with Crippen LogP contribution in [0.2, 0.25) is 0 Å². The Balaban J connectivity index is 1.50. The zero-order valence-electron chi connectivity index (χ0n) is 14.1. The average Bonchev–Trinajstić information content (AvgIpc) is 3.31. The van der Waals surface area contributed by atoms with Crippen molar-refractivity contribution in [1.29, 1.82) is 0 Å². The molecular formula is C18H20N6O2. The number of nitrogens with two attached hydrogens (primary N) is 1. The Bertz CT molecular complexity index is 904. The van der Waals surface area contributed by atoms with Crippen molar-refractivity contribution in [2.75, 3.05) is 17.7 Å². The molecule has 2 aromatic heterocycles. The average molecular weight is 352 g/mol. The molecule has 1 fully saturated rings. The molecule has 0 spiro atoms. The Labute approximate surface area is 150 Å². The van der Waals surface area contributed by atoms with Crippen molar-refractivity contribution in [3.63, 3.8) is 0 Å². The van der Waals surface area contributed by atoms with Gasteiger partial charge >= 0.3 is 6.03 Å². The fourth-order valence-electron chi connectivity index (χ4n) is 3.21. The number of anilines is 2. The summed E-state index contributed by atoms with van der Waals surface area (Å²) < 4.78 is 5.80. The zero-order valence-corrected chi connectivity index (χ0v) is 14.1. The first kappa shape index (κ1) is 16.3. The van der Waals surface area contributed by atoms with Gasteiger partial charge in [-0.2, -0.15) is 5.10 Å². The Morgan fingerprint density at radius 3 is 2.96 bits per heavy atom. The third-order valence-electron chi connectivity index (χ3n) is 4.50. The van der Waals surface area contributed by atoms with Gasteiger partial charge in [0.1, 0.15) is 5.82 Å². The number of amides is 2. The summed E-state index contributed by atoms with van der Waals surface area (Å²) in [6.07, 6.45) is 3.46. The van der Waals surface area contributed by atoms with Crippen LogP contribution >= 0.6 is 0 Å². The normalized spacial score (nSPS) is 17.9. The van der Waals surface area contributed by atoms with E-state index >= 15 is 0 Å². The summed E-state index contributed by atoms with van der Waals surface area (Å²) in [7, 11) is 0. The van der Waals surface area contributed by atoms with Crippen LogP contribution in [0.3, 0.4) is 0 Å². The van der Waals surface area contributed by atoms with Gasteiger partial charge in [-0.15, -0.1) is 0 Å². The van der Waals surface area contributed by atoms with Gasteiger partial charge in [0.25, 0.3) is 0 Å². The van der Waals surface area contributed by atoms with Crippen LogP contribution in [-0.4, -0.2) is 33.9 Å². The number of hydrogen-bond acceptors (Lipinski definition) is 5. The molecule has 8 heteroatoms. The van der Waals surface area contributed by atoms with Gasteiger partial charge in [0.05, 0.1) is 23.0 Å². The van der Waals surface area contributed by atoms with Crippen molar-refractivity contribution in [3.8, 4) is 0 Å². The van der Waals surface area contributed by atoms with Crippen LogP contribution in [0.25, 0.3) is 10.9 Å². The van der Waals surface area contributed by atoms with Crippen LogP contribution in [-0.2, 0) is 4.74 Å². The lowest BCUT2D eigenvalue weighted by Gasteiger charge is -2.24. The van der Waals surface area contributed by atoms with E-state index in [0.29, 0.717) is 17.2 Å². The Morgan fingerprint density at radius 2 is 2.19 bits per heavy atom. The van der Waals surface area contributed by atoms with Crippen molar-refractivity contribution in [1.82, 2.24) is 20.5 Å². The van der Waals surface area contributed by atoms with Crippen molar-refractivity contribution in [3.05, 3.63) is 48.2 Å². The summed E-state index contributed by atoms with van der Waals surface area (Å²) in [6, 6.07) is 11.0. The third kappa shape index (κ3) is 3.31. The Morgan fingerprint density at radius 1 is 1.35 bits per heavy atom. The predicted octanol–water partition coefficient (Wildman–Crippen LogP) is 2.58. The monoisotopic (exact) mass is 352 g/mol. The molecule has 0 unspecified atom stereocenters. The molecule has 1 aliphatic rings. The molecule has 0 saturated carbocycles.